The summed E-state index contributed by atoms with van der Waals surface area (Å²) in [5.74, 6) is 1.88. The Morgan fingerprint density at radius 3 is 2.30 bits per heavy atom. The van der Waals surface area contributed by atoms with Crippen LogP contribution < -0.4 is 19.5 Å². The number of methoxy groups -OCH3 is 3. The first-order valence-corrected chi connectivity index (χ1v) is 8.56. The van der Waals surface area contributed by atoms with Gasteiger partial charge in [-0.15, -0.1) is 11.3 Å². The maximum absolute atomic E-state index is 5.40. The predicted octanol–water partition coefficient (Wildman–Crippen LogP) is 3.38. The van der Waals surface area contributed by atoms with Crippen molar-refractivity contribution in [1.82, 2.24) is 10.3 Å². The lowest BCUT2D eigenvalue weighted by Crippen LogP contribution is -2.17. The molecule has 0 saturated carbocycles. The topological polar surface area (TPSA) is 52.6 Å². The summed E-state index contributed by atoms with van der Waals surface area (Å²) in [6.07, 6.45) is 2.08. The number of hydrogen-bond acceptors (Lipinski definition) is 6. The molecule has 0 spiro atoms. The first kappa shape index (κ1) is 17.6. The molecule has 0 amide bonds. The summed E-state index contributed by atoms with van der Waals surface area (Å²) in [7, 11) is 4.84. The van der Waals surface area contributed by atoms with E-state index < -0.39 is 0 Å². The van der Waals surface area contributed by atoms with Gasteiger partial charge in [0.05, 0.1) is 27.0 Å². The molecule has 1 N–H and O–H groups in total. The number of nitrogens with one attached hydrogen (secondary N) is 1. The Labute approximate surface area is 141 Å². The van der Waals surface area contributed by atoms with Crippen molar-refractivity contribution in [3.8, 4) is 27.8 Å². The van der Waals surface area contributed by atoms with Gasteiger partial charge in [0.15, 0.2) is 11.5 Å². The fourth-order valence-corrected chi connectivity index (χ4v) is 3.12. The number of ether oxygens (including phenoxy) is 3. The Morgan fingerprint density at radius 1 is 1.04 bits per heavy atom. The largest absolute Gasteiger partial charge is 0.493 e. The SMILES string of the molecule is CCCNCCc1csc(-c2cc(OC)c(OC)c(OC)c2)n1. The van der Waals surface area contributed by atoms with E-state index in [0.717, 1.165) is 42.2 Å². The number of aromatic nitrogens is 1. The number of benzene rings is 1. The minimum absolute atomic E-state index is 0.597. The Balaban J connectivity index is 2.20. The van der Waals surface area contributed by atoms with Gasteiger partial charge < -0.3 is 19.5 Å². The van der Waals surface area contributed by atoms with E-state index in [-0.39, 0.29) is 0 Å². The van der Waals surface area contributed by atoms with Crippen LogP contribution in [0, 0.1) is 0 Å². The van der Waals surface area contributed by atoms with E-state index in [1.54, 1.807) is 32.7 Å². The van der Waals surface area contributed by atoms with Crippen molar-refractivity contribution in [2.45, 2.75) is 19.8 Å². The summed E-state index contributed by atoms with van der Waals surface area (Å²) < 4.78 is 16.2. The second-order valence-corrected chi connectivity index (χ2v) is 5.92. The minimum atomic E-state index is 0.597. The van der Waals surface area contributed by atoms with Crippen molar-refractivity contribution in [2.75, 3.05) is 34.4 Å². The maximum atomic E-state index is 5.40. The summed E-state index contributed by atoms with van der Waals surface area (Å²) in [6.45, 7) is 4.16. The van der Waals surface area contributed by atoms with Crippen LogP contribution in [-0.2, 0) is 6.42 Å². The highest BCUT2D eigenvalue weighted by Crippen LogP contribution is 2.41. The molecule has 1 heterocycles. The van der Waals surface area contributed by atoms with Crippen LogP contribution in [0.2, 0.25) is 0 Å². The summed E-state index contributed by atoms with van der Waals surface area (Å²) >= 11 is 1.63. The van der Waals surface area contributed by atoms with Gasteiger partial charge in [0, 0.05) is 23.9 Å². The molecule has 0 aliphatic rings. The van der Waals surface area contributed by atoms with Crippen molar-refractivity contribution >= 4 is 11.3 Å². The summed E-state index contributed by atoms with van der Waals surface area (Å²) in [5, 5.41) is 6.45. The lowest BCUT2D eigenvalue weighted by atomic mass is 10.2. The number of hydrogen-bond donors (Lipinski definition) is 1. The van der Waals surface area contributed by atoms with Crippen LogP contribution in [0.1, 0.15) is 19.0 Å². The van der Waals surface area contributed by atoms with Crippen molar-refractivity contribution in [3.63, 3.8) is 0 Å². The summed E-state index contributed by atoms with van der Waals surface area (Å²) in [6, 6.07) is 3.86. The zero-order chi connectivity index (χ0) is 16.7. The standard InChI is InChI=1S/C17H24N2O3S/c1-5-7-18-8-6-13-11-23-17(19-13)12-9-14(20-2)16(22-4)15(10-12)21-3/h9-11,18H,5-8H2,1-4H3. The molecule has 23 heavy (non-hydrogen) atoms. The zero-order valence-electron chi connectivity index (χ0n) is 14.1. The first-order valence-electron chi connectivity index (χ1n) is 7.69. The van der Waals surface area contributed by atoms with Gasteiger partial charge in [-0.1, -0.05) is 6.92 Å². The monoisotopic (exact) mass is 336 g/mol. The normalized spacial score (nSPS) is 10.6. The fraction of sp³-hybridized carbons (Fsp3) is 0.471. The quantitative estimate of drug-likeness (QED) is 0.712. The van der Waals surface area contributed by atoms with Gasteiger partial charge in [-0.25, -0.2) is 4.98 Å². The third kappa shape index (κ3) is 4.36. The van der Waals surface area contributed by atoms with Gasteiger partial charge in [0.1, 0.15) is 5.01 Å². The second kappa shape index (κ2) is 8.74. The van der Waals surface area contributed by atoms with E-state index in [2.05, 4.69) is 17.6 Å². The smallest absolute Gasteiger partial charge is 0.203 e. The van der Waals surface area contributed by atoms with Gasteiger partial charge in [0.2, 0.25) is 5.75 Å². The van der Waals surface area contributed by atoms with E-state index in [9.17, 15) is 0 Å². The lowest BCUT2D eigenvalue weighted by Gasteiger charge is -2.13. The molecule has 0 saturated heterocycles. The fourth-order valence-electron chi connectivity index (χ4n) is 2.28. The Hall–Kier alpha value is -1.79. The van der Waals surface area contributed by atoms with Crippen LogP contribution in [-0.4, -0.2) is 39.4 Å². The first-order chi connectivity index (χ1) is 11.2. The van der Waals surface area contributed by atoms with Gasteiger partial charge in [-0.2, -0.15) is 0 Å². The molecular formula is C17H24N2O3S. The third-order valence-corrected chi connectivity index (χ3v) is 4.39. The van der Waals surface area contributed by atoms with E-state index in [4.69, 9.17) is 19.2 Å². The Kier molecular flexibility index (Phi) is 6.67. The van der Waals surface area contributed by atoms with Crippen molar-refractivity contribution in [2.24, 2.45) is 0 Å². The molecule has 0 aliphatic heterocycles. The molecule has 0 fully saturated rings. The molecule has 0 radical (unpaired) electrons. The van der Waals surface area contributed by atoms with E-state index >= 15 is 0 Å². The summed E-state index contributed by atoms with van der Waals surface area (Å²) in [5.41, 5.74) is 2.07. The van der Waals surface area contributed by atoms with Gasteiger partial charge >= 0.3 is 0 Å². The molecule has 5 nitrogen and oxygen atoms in total. The minimum Gasteiger partial charge on any atom is -0.493 e. The average Bonchev–Trinajstić information content (AvgIpc) is 3.06. The van der Waals surface area contributed by atoms with Gasteiger partial charge in [-0.05, 0) is 25.1 Å². The number of nitrogens with zero attached hydrogens (tertiary/aromatic N) is 1. The van der Waals surface area contributed by atoms with Crippen LogP contribution in [0.25, 0.3) is 10.6 Å². The van der Waals surface area contributed by atoms with Crippen LogP contribution in [0.3, 0.4) is 0 Å². The Morgan fingerprint density at radius 2 is 1.74 bits per heavy atom. The molecule has 2 rings (SSSR count). The van der Waals surface area contributed by atoms with Gasteiger partial charge in [-0.3, -0.25) is 0 Å². The number of rotatable bonds is 9. The van der Waals surface area contributed by atoms with Crippen LogP contribution >= 0.6 is 11.3 Å². The van der Waals surface area contributed by atoms with Crippen LogP contribution in [0.15, 0.2) is 17.5 Å². The summed E-state index contributed by atoms with van der Waals surface area (Å²) in [4.78, 5) is 4.71. The molecule has 0 bridgehead atoms. The molecule has 0 aliphatic carbocycles. The number of thiazole rings is 1. The average molecular weight is 336 g/mol. The molecule has 126 valence electrons. The predicted molar refractivity (Wildman–Crippen MR) is 94.1 cm³/mol. The van der Waals surface area contributed by atoms with Gasteiger partial charge in [0.25, 0.3) is 0 Å². The maximum Gasteiger partial charge on any atom is 0.203 e. The van der Waals surface area contributed by atoms with E-state index in [1.807, 2.05) is 12.1 Å². The van der Waals surface area contributed by atoms with Crippen molar-refractivity contribution in [3.05, 3.63) is 23.2 Å². The molecule has 6 heteroatoms. The highest BCUT2D eigenvalue weighted by Gasteiger charge is 2.15. The second-order valence-electron chi connectivity index (χ2n) is 5.06. The lowest BCUT2D eigenvalue weighted by molar-refractivity contribution is 0.324. The van der Waals surface area contributed by atoms with Crippen molar-refractivity contribution in [1.29, 1.82) is 0 Å². The van der Waals surface area contributed by atoms with Crippen molar-refractivity contribution < 1.29 is 14.2 Å². The highest BCUT2D eigenvalue weighted by atomic mass is 32.1. The van der Waals surface area contributed by atoms with Crippen LogP contribution in [0.5, 0.6) is 17.2 Å². The molecule has 0 atom stereocenters. The Bertz CT molecular complexity index is 603. The van der Waals surface area contributed by atoms with Crippen LogP contribution in [0.4, 0.5) is 0 Å². The van der Waals surface area contributed by atoms with E-state index in [1.165, 1.54) is 0 Å². The molecule has 1 aromatic heterocycles. The third-order valence-electron chi connectivity index (χ3n) is 3.45. The molecular weight excluding hydrogens is 312 g/mol. The molecule has 0 unspecified atom stereocenters. The highest BCUT2D eigenvalue weighted by molar-refractivity contribution is 7.13. The molecule has 1 aromatic carbocycles. The van der Waals surface area contributed by atoms with E-state index in [0.29, 0.717) is 17.2 Å². The molecule has 2 aromatic rings. The zero-order valence-corrected chi connectivity index (χ0v) is 15.0.